The fourth-order valence-corrected chi connectivity index (χ4v) is 1.02. The minimum absolute atomic E-state index is 0.206. The molecule has 0 atom stereocenters. The molecule has 58 valence electrons. The van der Waals surface area contributed by atoms with Gasteiger partial charge in [0.2, 0.25) is 0 Å². The first-order chi connectivity index (χ1) is 5.27. The van der Waals surface area contributed by atoms with Gasteiger partial charge in [-0.3, -0.25) is 0 Å². The number of benzene rings is 1. The molecule has 0 bridgehead atoms. The second kappa shape index (κ2) is 3.42. The van der Waals surface area contributed by atoms with Gasteiger partial charge in [0.05, 0.1) is 7.11 Å². The SMILES string of the molecule is CBc1cc(F)ccc1OC. The van der Waals surface area contributed by atoms with Crippen LogP contribution in [0.2, 0.25) is 6.82 Å². The van der Waals surface area contributed by atoms with Gasteiger partial charge in [-0.05, 0) is 23.7 Å². The lowest BCUT2D eigenvalue weighted by atomic mass is 9.73. The van der Waals surface area contributed by atoms with Gasteiger partial charge in [-0.15, -0.1) is 0 Å². The Morgan fingerprint density at radius 3 is 2.73 bits per heavy atom. The van der Waals surface area contributed by atoms with Crippen molar-refractivity contribution in [1.82, 2.24) is 0 Å². The maximum Gasteiger partial charge on any atom is 0.159 e. The molecule has 0 unspecified atom stereocenters. The average molecular weight is 152 g/mol. The van der Waals surface area contributed by atoms with E-state index in [4.69, 9.17) is 4.74 Å². The fraction of sp³-hybridized carbons (Fsp3) is 0.250. The van der Waals surface area contributed by atoms with Gasteiger partial charge in [0.1, 0.15) is 11.6 Å². The van der Waals surface area contributed by atoms with Crippen molar-refractivity contribution in [3.8, 4) is 5.75 Å². The highest BCUT2D eigenvalue weighted by atomic mass is 19.1. The standard InChI is InChI=1S/C8H10BFO/c1-9-7-5-6(10)3-4-8(7)11-2/h3-5,9H,1-2H3. The minimum Gasteiger partial charge on any atom is -0.497 e. The van der Waals surface area contributed by atoms with Crippen molar-refractivity contribution >= 4 is 12.7 Å². The van der Waals surface area contributed by atoms with Crippen LogP contribution in [0, 0.1) is 5.82 Å². The summed E-state index contributed by atoms with van der Waals surface area (Å²) in [6.07, 6.45) is 0. The molecule has 0 aliphatic rings. The number of hydrogen-bond acceptors (Lipinski definition) is 1. The predicted molar refractivity (Wildman–Crippen MR) is 45.6 cm³/mol. The van der Waals surface area contributed by atoms with E-state index in [2.05, 4.69) is 0 Å². The molecular formula is C8H10BFO. The molecule has 0 aliphatic heterocycles. The summed E-state index contributed by atoms with van der Waals surface area (Å²) >= 11 is 0. The van der Waals surface area contributed by atoms with Gasteiger partial charge < -0.3 is 4.74 Å². The Morgan fingerprint density at radius 1 is 1.45 bits per heavy atom. The quantitative estimate of drug-likeness (QED) is 0.573. The normalized spacial score (nSPS) is 9.36. The van der Waals surface area contributed by atoms with Gasteiger partial charge >= 0.3 is 0 Å². The summed E-state index contributed by atoms with van der Waals surface area (Å²) in [5.74, 6) is 0.552. The average Bonchev–Trinajstić information content (AvgIpc) is 2.04. The van der Waals surface area contributed by atoms with Crippen LogP contribution in [-0.4, -0.2) is 14.4 Å². The summed E-state index contributed by atoms with van der Waals surface area (Å²) in [6, 6.07) is 4.55. The largest absolute Gasteiger partial charge is 0.497 e. The van der Waals surface area contributed by atoms with Crippen molar-refractivity contribution in [3.63, 3.8) is 0 Å². The van der Waals surface area contributed by atoms with E-state index in [-0.39, 0.29) is 5.82 Å². The molecule has 1 rings (SSSR count). The van der Waals surface area contributed by atoms with Crippen LogP contribution in [0.4, 0.5) is 4.39 Å². The lowest BCUT2D eigenvalue weighted by Gasteiger charge is -2.04. The smallest absolute Gasteiger partial charge is 0.159 e. The van der Waals surface area contributed by atoms with Crippen LogP contribution >= 0.6 is 0 Å². The molecule has 0 saturated carbocycles. The molecule has 1 aromatic carbocycles. The third-order valence-corrected chi connectivity index (χ3v) is 1.62. The van der Waals surface area contributed by atoms with Gasteiger partial charge in [0, 0.05) is 0 Å². The zero-order valence-corrected chi connectivity index (χ0v) is 6.73. The Bertz CT molecular complexity index is 250. The predicted octanol–water partition coefficient (Wildman–Crippen LogP) is 0.944. The summed E-state index contributed by atoms with van der Waals surface area (Å²) < 4.78 is 17.6. The van der Waals surface area contributed by atoms with Crippen LogP contribution in [0.25, 0.3) is 0 Å². The maximum absolute atomic E-state index is 12.6. The summed E-state index contributed by atoms with van der Waals surface area (Å²) in [6.45, 7) is 1.97. The first-order valence-corrected chi connectivity index (χ1v) is 3.60. The lowest BCUT2D eigenvalue weighted by Crippen LogP contribution is -2.14. The summed E-state index contributed by atoms with van der Waals surface area (Å²) in [5, 5.41) is 0. The van der Waals surface area contributed by atoms with Crippen LogP contribution in [-0.2, 0) is 0 Å². The molecule has 0 N–H and O–H groups in total. The second-order valence-electron chi connectivity index (χ2n) is 2.31. The third-order valence-electron chi connectivity index (χ3n) is 1.62. The number of hydrogen-bond donors (Lipinski definition) is 0. The number of ether oxygens (including phenoxy) is 1. The van der Waals surface area contributed by atoms with Gasteiger partial charge in [0.15, 0.2) is 7.28 Å². The Morgan fingerprint density at radius 2 is 2.18 bits per heavy atom. The van der Waals surface area contributed by atoms with E-state index in [0.29, 0.717) is 0 Å². The Labute approximate surface area is 66.4 Å². The highest BCUT2D eigenvalue weighted by Crippen LogP contribution is 2.06. The van der Waals surface area contributed by atoms with E-state index < -0.39 is 0 Å². The van der Waals surface area contributed by atoms with Gasteiger partial charge in [0.25, 0.3) is 0 Å². The van der Waals surface area contributed by atoms with E-state index >= 15 is 0 Å². The first kappa shape index (κ1) is 8.11. The van der Waals surface area contributed by atoms with Gasteiger partial charge in [-0.2, -0.15) is 0 Å². The van der Waals surface area contributed by atoms with Crippen molar-refractivity contribution in [2.24, 2.45) is 0 Å². The molecule has 0 fully saturated rings. The molecule has 0 heterocycles. The second-order valence-corrected chi connectivity index (χ2v) is 2.31. The van der Waals surface area contributed by atoms with Crippen LogP contribution in [0.3, 0.4) is 0 Å². The molecule has 0 amide bonds. The van der Waals surface area contributed by atoms with Crippen molar-refractivity contribution in [1.29, 1.82) is 0 Å². The zero-order valence-electron chi connectivity index (χ0n) is 6.73. The molecule has 11 heavy (non-hydrogen) atoms. The zero-order chi connectivity index (χ0) is 8.27. The molecule has 0 saturated heterocycles. The number of methoxy groups -OCH3 is 1. The monoisotopic (exact) mass is 152 g/mol. The molecule has 3 heteroatoms. The van der Waals surface area contributed by atoms with E-state index in [1.54, 1.807) is 13.2 Å². The number of halogens is 1. The minimum atomic E-state index is -0.206. The molecule has 1 aromatic rings. The molecular weight excluding hydrogens is 142 g/mol. The summed E-state index contributed by atoms with van der Waals surface area (Å²) in [4.78, 5) is 0. The van der Waals surface area contributed by atoms with E-state index in [0.717, 1.165) is 18.5 Å². The van der Waals surface area contributed by atoms with Crippen molar-refractivity contribution in [2.75, 3.05) is 7.11 Å². The van der Waals surface area contributed by atoms with Crippen LogP contribution in [0.5, 0.6) is 5.75 Å². The Hall–Kier alpha value is -0.985. The van der Waals surface area contributed by atoms with Gasteiger partial charge in [-0.1, -0.05) is 6.82 Å². The third kappa shape index (κ3) is 1.73. The molecule has 1 nitrogen and oxygen atoms in total. The lowest BCUT2D eigenvalue weighted by molar-refractivity contribution is 0.417. The molecule has 0 spiro atoms. The summed E-state index contributed by atoms with van der Waals surface area (Å²) in [5.41, 5.74) is 0.910. The Kier molecular flexibility index (Phi) is 2.52. The highest BCUT2D eigenvalue weighted by Gasteiger charge is 2.01. The van der Waals surface area contributed by atoms with E-state index in [9.17, 15) is 4.39 Å². The summed E-state index contributed by atoms with van der Waals surface area (Å²) in [7, 11) is 2.38. The number of rotatable bonds is 2. The van der Waals surface area contributed by atoms with Crippen molar-refractivity contribution < 1.29 is 9.13 Å². The van der Waals surface area contributed by atoms with E-state index in [1.807, 2.05) is 6.82 Å². The van der Waals surface area contributed by atoms with Crippen molar-refractivity contribution in [3.05, 3.63) is 24.0 Å². The fourth-order valence-electron chi connectivity index (χ4n) is 1.02. The highest BCUT2D eigenvalue weighted by molar-refractivity contribution is 6.53. The van der Waals surface area contributed by atoms with Crippen molar-refractivity contribution in [2.45, 2.75) is 6.82 Å². The van der Waals surface area contributed by atoms with Crippen LogP contribution in [0.1, 0.15) is 0 Å². The topological polar surface area (TPSA) is 9.23 Å². The first-order valence-electron chi connectivity index (χ1n) is 3.60. The molecule has 0 radical (unpaired) electrons. The Balaban J connectivity index is 3.06. The molecule has 0 aromatic heterocycles. The van der Waals surface area contributed by atoms with Crippen LogP contribution < -0.4 is 10.2 Å². The van der Waals surface area contributed by atoms with Gasteiger partial charge in [-0.25, -0.2) is 4.39 Å². The van der Waals surface area contributed by atoms with Crippen LogP contribution in [0.15, 0.2) is 18.2 Å². The molecule has 0 aliphatic carbocycles. The maximum atomic E-state index is 12.6. The van der Waals surface area contributed by atoms with E-state index in [1.165, 1.54) is 12.1 Å².